The van der Waals surface area contributed by atoms with Gasteiger partial charge in [-0.25, -0.2) is 9.50 Å². The lowest BCUT2D eigenvalue weighted by Gasteiger charge is -2.04. The lowest BCUT2D eigenvalue weighted by molar-refractivity contribution is 0.100. The Morgan fingerprint density at radius 3 is 2.32 bits per heavy atom. The van der Waals surface area contributed by atoms with Crippen LogP contribution in [-0.4, -0.2) is 20.5 Å². The molecule has 0 saturated heterocycles. The van der Waals surface area contributed by atoms with Gasteiger partial charge in [-0.1, -0.05) is 48.5 Å². The minimum Gasteiger partial charge on any atom is -0.365 e. The summed E-state index contributed by atoms with van der Waals surface area (Å²) >= 11 is 0. The summed E-state index contributed by atoms with van der Waals surface area (Å²) in [6.45, 7) is 0. The third kappa shape index (κ3) is 2.70. The summed E-state index contributed by atoms with van der Waals surface area (Å²) in [6.07, 6.45) is 1.65. The molecule has 4 aromatic rings. The van der Waals surface area contributed by atoms with Crippen LogP contribution in [0.15, 0.2) is 72.9 Å². The van der Waals surface area contributed by atoms with Gasteiger partial charge in [0.15, 0.2) is 11.5 Å². The molecule has 2 heterocycles. The molecule has 4 rings (SSSR count). The number of hydrogen-bond donors (Lipinski definition) is 2. The van der Waals surface area contributed by atoms with Crippen molar-refractivity contribution < 1.29 is 4.79 Å². The SMILES string of the molecule is NC(=O)c1c(Nc2ccccc2)nn2c(-c3ccccc3)ccnc12. The molecule has 25 heavy (non-hydrogen) atoms. The Balaban J connectivity index is 1.92. The van der Waals surface area contributed by atoms with Gasteiger partial charge in [-0.3, -0.25) is 4.79 Å². The summed E-state index contributed by atoms with van der Waals surface area (Å²) in [4.78, 5) is 16.3. The fourth-order valence-corrected chi connectivity index (χ4v) is 2.75. The van der Waals surface area contributed by atoms with Gasteiger partial charge in [0, 0.05) is 17.4 Å². The molecule has 122 valence electrons. The van der Waals surface area contributed by atoms with Crippen LogP contribution < -0.4 is 11.1 Å². The van der Waals surface area contributed by atoms with E-state index in [9.17, 15) is 4.79 Å². The Morgan fingerprint density at radius 2 is 1.64 bits per heavy atom. The number of nitrogens with two attached hydrogens (primary N) is 1. The molecule has 0 spiro atoms. The maximum Gasteiger partial charge on any atom is 0.256 e. The molecular formula is C19H15N5O. The van der Waals surface area contributed by atoms with Gasteiger partial charge in [-0.05, 0) is 18.2 Å². The second-order valence-electron chi connectivity index (χ2n) is 5.51. The highest BCUT2D eigenvalue weighted by Crippen LogP contribution is 2.26. The van der Waals surface area contributed by atoms with Crippen LogP contribution in [0.3, 0.4) is 0 Å². The maximum atomic E-state index is 12.0. The molecule has 0 saturated carbocycles. The zero-order valence-electron chi connectivity index (χ0n) is 13.3. The van der Waals surface area contributed by atoms with E-state index in [2.05, 4.69) is 15.4 Å². The number of primary amides is 1. The molecule has 0 radical (unpaired) electrons. The van der Waals surface area contributed by atoms with Crippen molar-refractivity contribution >= 4 is 23.1 Å². The van der Waals surface area contributed by atoms with Crippen molar-refractivity contribution in [2.75, 3.05) is 5.32 Å². The highest BCUT2D eigenvalue weighted by Gasteiger charge is 2.20. The predicted molar refractivity (Wildman–Crippen MR) is 96.7 cm³/mol. The van der Waals surface area contributed by atoms with Crippen LogP contribution >= 0.6 is 0 Å². The maximum absolute atomic E-state index is 12.0. The monoisotopic (exact) mass is 329 g/mol. The molecule has 0 aliphatic carbocycles. The van der Waals surface area contributed by atoms with Gasteiger partial charge in [-0.2, -0.15) is 0 Å². The van der Waals surface area contributed by atoms with Gasteiger partial charge in [0.1, 0.15) is 5.56 Å². The number of aromatic nitrogens is 3. The molecule has 0 atom stereocenters. The zero-order chi connectivity index (χ0) is 17.2. The molecule has 2 aromatic heterocycles. The number of benzene rings is 2. The minimum absolute atomic E-state index is 0.265. The highest BCUT2D eigenvalue weighted by atomic mass is 16.1. The normalized spacial score (nSPS) is 10.7. The van der Waals surface area contributed by atoms with Crippen LogP contribution in [0.25, 0.3) is 16.9 Å². The Morgan fingerprint density at radius 1 is 0.960 bits per heavy atom. The van der Waals surface area contributed by atoms with E-state index in [4.69, 9.17) is 5.73 Å². The van der Waals surface area contributed by atoms with Crippen LogP contribution in [-0.2, 0) is 0 Å². The third-order valence-electron chi connectivity index (χ3n) is 3.87. The molecule has 2 aromatic carbocycles. The number of carbonyl (C=O) groups is 1. The smallest absolute Gasteiger partial charge is 0.256 e. The van der Waals surface area contributed by atoms with Crippen molar-refractivity contribution in [2.45, 2.75) is 0 Å². The van der Waals surface area contributed by atoms with Crippen molar-refractivity contribution in [3.63, 3.8) is 0 Å². The van der Waals surface area contributed by atoms with Gasteiger partial charge in [0.05, 0.1) is 5.69 Å². The minimum atomic E-state index is -0.578. The van der Waals surface area contributed by atoms with Gasteiger partial charge < -0.3 is 11.1 Å². The fraction of sp³-hybridized carbons (Fsp3) is 0. The molecular weight excluding hydrogens is 314 g/mol. The summed E-state index contributed by atoms with van der Waals surface area (Å²) in [5.41, 5.74) is 8.90. The molecule has 0 aliphatic rings. The van der Waals surface area contributed by atoms with E-state index in [0.29, 0.717) is 11.5 Å². The largest absolute Gasteiger partial charge is 0.365 e. The van der Waals surface area contributed by atoms with E-state index in [-0.39, 0.29) is 5.56 Å². The predicted octanol–water partition coefficient (Wildman–Crippen LogP) is 3.24. The molecule has 0 aliphatic heterocycles. The lowest BCUT2D eigenvalue weighted by Crippen LogP contribution is -2.13. The van der Waals surface area contributed by atoms with E-state index < -0.39 is 5.91 Å². The number of nitrogens with one attached hydrogen (secondary N) is 1. The van der Waals surface area contributed by atoms with Crippen molar-refractivity contribution in [2.24, 2.45) is 5.73 Å². The fourth-order valence-electron chi connectivity index (χ4n) is 2.75. The number of fused-ring (bicyclic) bond motifs is 1. The third-order valence-corrected chi connectivity index (χ3v) is 3.87. The van der Waals surface area contributed by atoms with Crippen LogP contribution in [0.2, 0.25) is 0 Å². The Kier molecular flexibility index (Phi) is 3.63. The average Bonchev–Trinajstić information content (AvgIpc) is 3.01. The average molecular weight is 329 g/mol. The van der Waals surface area contributed by atoms with E-state index >= 15 is 0 Å². The first kappa shape index (κ1) is 14.9. The van der Waals surface area contributed by atoms with Crippen LogP contribution in [0, 0.1) is 0 Å². The van der Waals surface area contributed by atoms with E-state index in [1.807, 2.05) is 66.7 Å². The lowest BCUT2D eigenvalue weighted by atomic mass is 10.1. The number of rotatable bonds is 4. The zero-order valence-corrected chi connectivity index (χ0v) is 13.3. The van der Waals surface area contributed by atoms with Crippen molar-refractivity contribution in [3.8, 4) is 11.3 Å². The van der Waals surface area contributed by atoms with Crippen LogP contribution in [0.1, 0.15) is 10.4 Å². The first-order chi connectivity index (χ1) is 12.2. The number of amides is 1. The molecule has 3 N–H and O–H groups in total. The summed E-state index contributed by atoms with van der Waals surface area (Å²) in [5.74, 6) is -0.194. The molecule has 6 nitrogen and oxygen atoms in total. The molecule has 0 fully saturated rings. The van der Waals surface area contributed by atoms with Gasteiger partial charge >= 0.3 is 0 Å². The van der Waals surface area contributed by atoms with Crippen molar-refractivity contribution in [1.82, 2.24) is 14.6 Å². The Labute approximate surface area is 143 Å². The Bertz CT molecular complexity index is 1040. The van der Waals surface area contributed by atoms with Crippen LogP contribution in [0.4, 0.5) is 11.5 Å². The quantitative estimate of drug-likeness (QED) is 0.602. The topological polar surface area (TPSA) is 85.3 Å². The highest BCUT2D eigenvalue weighted by molar-refractivity contribution is 6.04. The number of anilines is 2. The second-order valence-corrected chi connectivity index (χ2v) is 5.51. The summed E-state index contributed by atoms with van der Waals surface area (Å²) in [6, 6.07) is 21.1. The summed E-state index contributed by atoms with van der Waals surface area (Å²) in [5, 5.41) is 7.70. The van der Waals surface area contributed by atoms with Crippen molar-refractivity contribution in [1.29, 1.82) is 0 Å². The number of carbonyl (C=O) groups excluding carboxylic acids is 1. The van der Waals surface area contributed by atoms with Gasteiger partial charge in [-0.15, -0.1) is 5.10 Å². The number of para-hydroxylation sites is 1. The number of hydrogen-bond acceptors (Lipinski definition) is 4. The molecule has 0 unspecified atom stereocenters. The standard InChI is InChI=1S/C19H15N5O/c20-17(25)16-18(22-14-9-5-2-6-10-14)23-24-15(11-12-21-19(16)24)13-7-3-1-4-8-13/h1-12H,(H2,20,25)(H,22,23). The van der Waals surface area contributed by atoms with E-state index in [1.54, 1.807) is 10.7 Å². The molecule has 6 heteroatoms. The molecule has 1 amide bonds. The van der Waals surface area contributed by atoms with Crippen molar-refractivity contribution in [3.05, 3.63) is 78.5 Å². The summed E-state index contributed by atoms with van der Waals surface area (Å²) in [7, 11) is 0. The molecule has 0 bridgehead atoms. The first-order valence-corrected chi connectivity index (χ1v) is 7.79. The Hall–Kier alpha value is -3.67. The second kappa shape index (κ2) is 6.09. The van der Waals surface area contributed by atoms with E-state index in [0.717, 1.165) is 16.9 Å². The van der Waals surface area contributed by atoms with Crippen LogP contribution in [0.5, 0.6) is 0 Å². The van der Waals surface area contributed by atoms with E-state index in [1.165, 1.54) is 0 Å². The first-order valence-electron chi connectivity index (χ1n) is 7.79. The summed E-state index contributed by atoms with van der Waals surface area (Å²) < 4.78 is 1.64. The van der Waals surface area contributed by atoms with Gasteiger partial charge in [0.25, 0.3) is 5.91 Å². The number of nitrogens with zero attached hydrogens (tertiary/aromatic N) is 3. The van der Waals surface area contributed by atoms with Gasteiger partial charge in [0.2, 0.25) is 0 Å².